The van der Waals surface area contributed by atoms with Crippen molar-refractivity contribution < 1.29 is 19.0 Å². The number of anilines is 1. The number of fused-ring (bicyclic) bond motifs is 1. The second kappa shape index (κ2) is 7.13. The maximum Gasteiger partial charge on any atom is 0.339 e. The van der Waals surface area contributed by atoms with Crippen molar-refractivity contribution in [2.45, 2.75) is 12.5 Å². The quantitative estimate of drug-likeness (QED) is 0.610. The molecule has 1 unspecified atom stereocenters. The van der Waals surface area contributed by atoms with Crippen LogP contribution in [-0.4, -0.2) is 17.7 Å². The molecule has 1 atom stereocenters. The fraction of sp³-hybridized carbons (Fsp3) is 0.136. The van der Waals surface area contributed by atoms with E-state index in [0.717, 1.165) is 16.9 Å². The summed E-state index contributed by atoms with van der Waals surface area (Å²) in [6.07, 6.45) is 3.22. The van der Waals surface area contributed by atoms with E-state index in [2.05, 4.69) is 5.32 Å². The first-order valence-corrected chi connectivity index (χ1v) is 9.72. The molecule has 0 spiro atoms. The second-order valence-electron chi connectivity index (χ2n) is 6.46. The Morgan fingerprint density at radius 2 is 2.07 bits per heavy atom. The molecule has 0 aliphatic carbocycles. The molecule has 142 valence electrons. The van der Waals surface area contributed by atoms with Crippen molar-refractivity contribution in [1.82, 2.24) is 0 Å². The number of carboxylic acids is 1. The summed E-state index contributed by atoms with van der Waals surface area (Å²) in [5.74, 6) is -0.608. The molecule has 4 nitrogen and oxygen atoms in total. The number of benzene rings is 2. The largest absolute Gasteiger partial charge is 0.494 e. The van der Waals surface area contributed by atoms with Gasteiger partial charge in [0.25, 0.3) is 0 Å². The van der Waals surface area contributed by atoms with E-state index < -0.39 is 11.5 Å². The van der Waals surface area contributed by atoms with Gasteiger partial charge in [0.15, 0.2) is 5.54 Å². The highest BCUT2D eigenvalue weighted by molar-refractivity contribution is 7.10. The number of carbonyl (C=O) groups is 1. The van der Waals surface area contributed by atoms with Crippen LogP contribution in [0.15, 0.2) is 60.0 Å². The maximum absolute atomic E-state index is 13.5. The summed E-state index contributed by atoms with van der Waals surface area (Å²) in [5, 5.41) is 15.0. The van der Waals surface area contributed by atoms with Gasteiger partial charge in [0.2, 0.25) is 0 Å². The van der Waals surface area contributed by atoms with Crippen molar-refractivity contribution in [3.63, 3.8) is 0 Å². The number of halogens is 1. The molecule has 2 aromatic carbocycles. The summed E-state index contributed by atoms with van der Waals surface area (Å²) in [7, 11) is 0. The van der Waals surface area contributed by atoms with Crippen LogP contribution in [0.4, 0.5) is 10.1 Å². The lowest BCUT2D eigenvalue weighted by atomic mass is 9.90. The number of hydrogen-bond acceptors (Lipinski definition) is 4. The highest BCUT2D eigenvalue weighted by Crippen LogP contribution is 2.40. The summed E-state index contributed by atoms with van der Waals surface area (Å²) in [6.45, 7) is 2.51. The summed E-state index contributed by atoms with van der Waals surface area (Å²) in [5.41, 5.74) is 1.68. The minimum Gasteiger partial charge on any atom is -0.494 e. The zero-order chi connectivity index (χ0) is 19.7. The number of aliphatic carboxylic acids is 1. The van der Waals surface area contributed by atoms with Gasteiger partial charge in [-0.2, -0.15) is 0 Å². The first-order chi connectivity index (χ1) is 13.5. The minimum atomic E-state index is -1.40. The van der Waals surface area contributed by atoms with Crippen LogP contribution >= 0.6 is 11.3 Å². The van der Waals surface area contributed by atoms with Gasteiger partial charge in [0.05, 0.1) is 6.61 Å². The number of carboxylic acid groups (broad SMARTS) is 1. The lowest BCUT2D eigenvalue weighted by molar-refractivity contribution is -0.140. The predicted molar refractivity (Wildman–Crippen MR) is 109 cm³/mol. The lowest BCUT2D eigenvalue weighted by Gasteiger charge is -2.31. The Bertz CT molecular complexity index is 1080. The van der Waals surface area contributed by atoms with Gasteiger partial charge in [-0.25, -0.2) is 9.18 Å². The van der Waals surface area contributed by atoms with Crippen molar-refractivity contribution in [3.05, 3.63) is 76.2 Å². The Kier molecular flexibility index (Phi) is 4.65. The monoisotopic (exact) mass is 395 g/mol. The topological polar surface area (TPSA) is 58.6 Å². The predicted octanol–water partition coefficient (Wildman–Crippen LogP) is 5.37. The van der Waals surface area contributed by atoms with E-state index in [9.17, 15) is 14.3 Å². The van der Waals surface area contributed by atoms with Crippen molar-refractivity contribution in [2.24, 2.45) is 0 Å². The van der Waals surface area contributed by atoms with Crippen LogP contribution < -0.4 is 10.1 Å². The zero-order valence-corrected chi connectivity index (χ0v) is 15.9. The fourth-order valence-corrected chi connectivity index (χ4v) is 4.30. The molecule has 3 aromatic rings. The van der Waals surface area contributed by atoms with Gasteiger partial charge >= 0.3 is 5.97 Å². The molecule has 1 aromatic heterocycles. The second-order valence-corrected chi connectivity index (χ2v) is 7.37. The van der Waals surface area contributed by atoms with Crippen molar-refractivity contribution in [2.75, 3.05) is 11.9 Å². The Labute approximate surface area is 165 Å². The van der Waals surface area contributed by atoms with E-state index in [1.54, 1.807) is 18.2 Å². The third-order valence-corrected chi connectivity index (χ3v) is 5.73. The Morgan fingerprint density at radius 1 is 1.21 bits per heavy atom. The minimum absolute atomic E-state index is 0.361. The van der Waals surface area contributed by atoms with Crippen molar-refractivity contribution >= 4 is 29.1 Å². The molecule has 2 N–H and O–H groups in total. The molecule has 0 fully saturated rings. The Hall–Kier alpha value is -3.12. The average Bonchev–Trinajstić information content (AvgIpc) is 3.19. The molecule has 0 saturated carbocycles. The molecule has 2 heterocycles. The molecule has 0 radical (unpaired) electrons. The summed E-state index contributed by atoms with van der Waals surface area (Å²) >= 11 is 1.37. The van der Waals surface area contributed by atoms with Crippen molar-refractivity contribution in [1.29, 1.82) is 0 Å². The van der Waals surface area contributed by atoms with Gasteiger partial charge in [0.1, 0.15) is 11.6 Å². The van der Waals surface area contributed by atoms with E-state index in [1.807, 2.05) is 42.6 Å². The van der Waals surface area contributed by atoms with E-state index in [0.29, 0.717) is 22.7 Å². The van der Waals surface area contributed by atoms with Crippen LogP contribution in [0.25, 0.3) is 17.2 Å². The number of thiophene rings is 1. The maximum atomic E-state index is 13.5. The molecule has 6 heteroatoms. The van der Waals surface area contributed by atoms with Gasteiger partial charge in [-0.05, 0) is 65.9 Å². The molecule has 0 bridgehead atoms. The summed E-state index contributed by atoms with van der Waals surface area (Å²) in [6, 6.07) is 13.8. The molecule has 1 aliphatic rings. The van der Waals surface area contributed by atoms with E-state index in [1.165, 1.54) is 23.5 Å². The highest BCUT2D eigenvalue weighted by atomic mass is 32.1. The molecular formula is C22H18FNO3S. The van der Waals surface area contributed by atoms with Gasteiger partial charge in [-0.15, -0.1) is 11.3 Å². The van der Waals surface area contributed by atoms with Crippen molar-refractivity contribution in [3.8, 4) is 16.9 Å². The first-order valence-electron chi connectivity index (χ1n) is 8.84. The van der Waals surface area contributed by atoms with Crippen LogP contribution in [0.5, 0.6) is 5.75 Å². The van der Waals surface area contributed by atoms with Crippen LogP contribution in [0.3, 0.4) is 0 Å². The number of nitrogens with one attached hydrogen (secondary N) is 1. The molecule has 1 aliphatic heterocycles. The van der Waals surface area contributed by atoms with Gasteiger partial charge in [0, 0.05) is 16.1 Å². The molecule has 4 rings (SSSR count). The van der Waals surface area contributed by atoms with E-state index in [4.69, 9.17) is 4.74 Å². The third kappa shape index (κ3) is 3.16. The zero-order valence-electron chi connectivity index (χ0n) is 15.1. The smallest absolute Gasteiger partial charge is 0.339 e. The third-order valence-electron chi connectivity index (χ3n) is 4.66. The average molecular weight is 395 g/mol. The van der Waals surface area contributed by atoms with E-state index in [-0.39, 0.29) is 5.82 Å². The summed E-state index contributed by atoms with van der Waals surface area (Å²) in [4.78, 5) is 12.9. The number of hydrogen-bond donors (Lipinski definition) is 2. The van der Waals surface area contributed by atoms with Crippen LogP contribution in [0.1, 0.15) is 17.4 Å². The molecule has 28 heavy (non-hydrogen) atoms. The number of ether oxygens (including phenoxy) is 1. The number of rotatable bonds is 5. The molecule has 0 amide bonds. The highest BCUT2D eigenvalue weighted by Gasteiger charge is 2.41. The Morgan fingerprint density at radius 3 is 2.86 bits per heavy atom. The van der Waals surface area contributed by atoms with Gasteiger partial charge < -0.3 is 15.2 Å². The van der Waals surface area contributed by atoms with Crippen LogP contribution in [0.2, 0.25) is 0 Å². The van der Waals surface area contributed by atoms with Gasteiger partial charge in [-0.1, -0.05) is 18.2 Å². The Balaban J connectivity index is 1.73. The fourth-order valence-electron chi connectivity index (χ4n) is 3.25. The van der Waals surface area contributed by atoms with Crippen LogP contribution in [0, 0.1) is 5.82 Å². The first kappa shape index (κ1) is 18.3. The summed E-state index contributed by atoms with van der Waals surface area (Å²) < 4.78 is 19.0. The standard InChI is InChI=1S/C22H18FNO3S/c1-2-27-18-5-3-4-14(11-18)16-12-20(28-13-16)22(21(25)26)9-8-15-10-17(23)6-7-19(15)24-22/h3-13,24H,2H2,1H3,(H,25,26). The normalized spacial score (nSPS) is 17.6. The van der Waals surface area contributed by atoms with E-state index >= 15 is 0 Å². The SMILES string of the molecule is CCOc1cccc(-c2csc(C3(C(=O)O)C=Cc4cc(F)ccc4N3)c2)c1. The van der Waals surface area contributed by atoms with Crippen LogP contribution in [-0.2, 0) is 10.3 Å². The molecular weight excluding hydrogens is 377 g/mol. The van der Waals surface area contributed by atoms with Gasteiger partial charge in [-0.3, -0.25) is 0 Å². The molecule has 0 saturated heterocycles. The lowest BCUT2D eigenvalue weighted by Crippen LogP contribution is -2.42.